The first-order chi connectivity index (χ1) is 16.1. The molecular weight excluding hydrogens is 509 g/mol. The average molecular weight is 526 g/mol. The topological polar surface area (TPSA) is 130 Å². The van der Waals surface area contributed by atoms with Crippen LogP contribution >= 0.6 is 22.9 Å². The number of amides is 3. The van der Waals surface area contributed by atoms with Crippen molar-refractivity contribution in [3.63, 3.8) is 0 Å². The van der Waals surface area contributed by atoms with E-state index in [1.165, 1.54) is 29.3 Å². The Morgan fingerprint density at radius 2 is 2.06 bits per heavy atom. The molecule has 4 rings (SSSR count). The molecule has 0 bridgehead atoms. The SMILES string of the molecule is CNc1cc2c(cc1F)C(=O)N(c1cnc(NC(=O)NS(=O)(=O)c3ccc(Cl)s3)c(C)c1)CO2. The lowest BCUT2D eigenvalue weighted by Gasteiger charge is -2.29. The number of sulfonamides is 1. The number of benzene rings is 1. The molecule has 1 aliphatic rings. The lowest BCUT2D eigenvalue weighted by Crippen LogP contribution is -2.39. The Labute approximate surface area is 202 Å². The minimum Gasteiger partial charge on any atom is -0.472 e. The van der Waals surface area contributed by atoms with Crippen LogP contribution in [0, 0.1) is 12.7 Å². The predicted molar refractivity (Wildman–Crippen MR) is 126 cm³/mol. The van der Waals surface area contributed by atoms with E-state index in [0.29, 0.717) is 11.3 Å². The van der Waals surface area contributed by atoms with E-state index in [1.54, 1.807) is 20.0 Å². The van der Waals surface area contributed by atoms with E-state index in [9.17, 15) is 22.4 Å². The van der Waals surface area contributed by atoms with Crippen LogP contribution in [0.4, 0.5) is 26.4 Å². The van der Waals surface area contributed by atoms with Crippen LogP contribution in [-0.2, 0) is 10.0 Å². The highest BCUT2D eigenvalue weighted by Crippen LogP contribution is 2.33. The second kappa shape index (κ2) is 9.08. The number of hydrogen-bond donors (Lipinski definition) is 3. The first kappa shape index (κ1) is 23.7. The van der Waals surface area contributed by atoms with Gasteiger partial charge in [-0.3, -0.25) is 15.0 Å². The number of thiophene rings is 1. The fourth-order valence-corrected chi connectivity index (χ4v) is 5.54. The molecule has 3 heterocycles. The third-order valence-electron chi connectivity index (χ3n) is 4.81. The Morgan fingerprint density at radius 3 is 2.71 bits per heavy atom. The molecule has 1 aliphatic heterocycles. The van der Waals surface area contributed by atoms with Crippen LogP contribution in [0.2, 0.25) is 4.34 Å². The molecule has 0 aliphatic carbocycles. The van der Waals surface area contributed by atoms with Crippen molar-refractivity contribution < 1.29 is 27.1 Å². The van der Waals surface area contributed by atoms with Crippen molar-refractivity contribution in [1.29, 1.82) is 0 Å². The number of fused-ring (bicyclic) bond motifs is 1. The van der Waals surface area contributed by atoms with E-state index in [4.69, 9.17) is 16.3 Å². The molecule has 0 saturated carbocycles. The van der Waals surface area contributed by atoms with Crippen LogP contribution in [0.3, 0.4) is 0 Å². The van der Waals surface area contributed by atoms with Gasteiger partial charge in [0.2, 0.25) is 0 Å². The molecular formula is C20H17ClFN5O5S2. The lowest BCUT2D eigenvalue weighted by molar-refractivity contribution is 0.0936. The Bertz CT molecular complexity index is 1410. The van der Waals surface area contributed by atoms with Crippen LogP contribution in [0.25, 0.3) is 0 Å². The highest BCUT2D eigenvalue weighted by Gasteiger charge is 2.29. The molecule has 0 spiro atoms. The zero-order valence-corrected chi connectivity index (χ0v) is 20.1. The average Bonchev–Trinajstić information content (AvgIpc) is 3.22. The second-order valence-corrected chi connectivity index (χ2v) is 10.7. The number of pyridine rings is 1. The Hall–Kier alpha value is -3.42. The van der Waals surface area contributed by atoms with Crippen molar-refractivity contribution in [2.45, 2.75) is 11.1 Å². The summed E-state index contributed by atoms with van der Waals surface area (Å²) in [6.07, 6.45) is 1.31. The standard InChI is InChI=1S/C20H17ClFN5O5S2/c1-10-5-11(27-9-32-15-7-14(23-2)13(22)6-12(15)19(27)28)8-24-18(10)25-20(29)26-34(30,31)17-4-3-16(21)33-17/h3-8,23H,9H2,1-2H3,(H2,24,25,26,29). The number of ether oxygens (including phenoxy) is 1. The van der Waals surface area contributed by atoms with Gasteiger partial charge < -0.3 is 10.1 Å². The monoisotopic (exact) mass is 525 g/mol. The molecule has 14 heteroatoms. The number of carbonyl (C=O) groups is 2. The number of aryl methyl sites for hydroxylation is 1. The quantitative estimate of drug-likeness (QED) is 0.462. The first-order valence-electron chi connectivity index (χ1n) is 9.61. The summed E-state index contributed by atoms with van der Waals surface area (Å²) in [4.78, 5) is 30.5. The number of rotatable bonds is 5. The Kier molecular flexibility index (Phi) is 6.34. The van der Waals surface area contributed by atoms with E-state index in [0.717, 1.165) is 17.4 Å². The summed E-state index contributed by atoms with van der Waals surface area (Å²) < 4.78 is 46.3. The fourth-order valence-electron chi connectivity index (χ4n) is 3.15. The smallest absolute Gasteiger partial charge is 0.334 e. The highest BCUT2D eigenvalue weighted by atomic mass is 35.5. The van der Waals surface area contributed by atoms with Crippen LogP contribution in [0.5, 0.6) is 5.75 Å². The van der Waals surface area contributed by atoms with Gasteiger partial charge in [-0.25, -0.2) is 27.3 Å². The maximum absolute atomic E-state index is 14.2. The number of carbonyl (C=O) groups excluding carboxylic acids is 2. The fraction of sp³-hybridized carbons (Fsp3) is 0.150. The zero-order chi connectivity index (χ0) is 24.6. The third kappa shape index (κ3) is 4.62. The Balaban J connectivity index is 1.50. The molecule has 3 N–H and O–H groups in total. The van der Waals surface area contributed by atoms with Crippen molar-refractivity contribution >= 4 is 62.1 Å². The number of aromatic nitrogens is 1. The molecule has 0 unspecified atom stereocenters. The van der Waals surface area contributed by atoms with Crippen molar-refractivity contribution in [3.8, 4) is 5.75 Å². The molecule has 0 radical (unpaired) electrons. The van der Waals surface area contributed by atoms with Gasteiger partial charge in [-0.05, 0) is 36.8 Å². The molecule has 0 atom stereocenters. The second-order valence-electron chi connectivity index (χ2n) is 7.06. The van der Waals surface area contributed by atoms with E-state index < -0.39 is 27.8 Å². The van der Waals surface area contributed by atoms with Gasteiger partial charge >= 0.3 is 6.03 Å². The van der Waals surface area contributed by atoms with Gasteiger partial charge in [-0.15, -0.1) is 11.3 Å². The van der Waals surface area contributed by atoms with Crippen molar-refractivity contribution in [1.82, 2.24) is 9.71 Å². The van der Waals surface area contributed by atoms with Crippen molar-refractivity contribution in [3.05, 3.63) is 57.8 Å². The molecule has 2 aromatic heterocycles. The summed E-state index contributed by atoms with van der Waals surface area (Å²) >= 11 is 6.55. The number of urea groups is 1. The number of halogens is 2. The minimum atomic E-state index is -4.10. The van der Waals surface area contributed by atoms with Crippen LogP contribution in [-0.4, -0.2) is 39.1 Å². The third-order valence-corrected chi connectivity index (χ3v) is 7.87. The molecule has 0 saturated heterocycles. The van der Waals surface area contributed by atoms with E-state index in [1.807, 2.05) is 4.72 Å². The summed E-state index contributed by atoms with van der Waals surface area (Å²) in [6, 6.07) is 5.73. The normalized spacial score (nSPS) is 13.2. The first-order valence-corrected chi connectivity index (χ1v) is 12.3. The van der Waals surface area contributed by atoms with E-state index in [-0.39, 0.29) is 38.1 Å². The number of hydrogen-bond acceptors (Lipinski definition) is 8. The zero-order valence-electron chi connectivity index (χ0n) is 17.7. The van der Waals surface area contributed by atoms with Crippen molar-refractivity contribution in [2.24, 2.45) is 0 Å². The van der Waals surface area contributed by atoms with Crippen LogP contribution in [0.1, 0.15) is 15.9 Å². The molecule has 34 heavy (non-hydrogen) atoms. The molecule has 1 aromatic carbocycles. The summed E-state index contributed by atoms with van der Waals surface area (Å²) in [5, 5.41) is 5.04. The van der Waals surface area contributed by atoms with Gasteiger partial charge in [0, 0.05) is 13.1 Å². The minimum absolute atomic E-state index is 0.0564. The summed E-state index contributed by atoms with van der Waals surface area (Å²) in [5.74, 6) is -0.751. The Morgan fingerprint density at radius 1 is 1.29 bits per heavy atom. The molecule has 3 aromatic rings. The largest absolute Gasteiger partial charge is 0.472 e. The number of anilines is 3. The lowest BCUT2D eigenvalue weighted by atomic mass is 10.1. The summed E-state index contributed by atoms with van der Waals surface area (Å²) in [7, 11) is -2.55. The summed E-state index contributed by atoms with van der Waals surface area (Å²) in [6.45, 7) is 1.48. The molecule has 0 fully saturated rings. The molecule has 10 nitrogen and oxygen atoms in total. The predicted octanol–water partition coefficient (Wildman–Crippen LogP) is 3.79. The van der Waals surface area contributed by atoms with Gasteiger partial charge in [0.1, 0.15) is 21.6 Å². The van der Waals surface area contributed by atoms with Gasteiger partial charge in [-0.2, -0.15) is 0 Å². The van der Waals surface area contributed by atoms with Crippen molar-refractivity contribution in [2.75, 3.05) is 29.3 Å². The van der Waals surface area contributed by atoms with E-state index >= 15 is 0 Å². The molecule has 3 amide bonds. The van der Waals surface area contributed by atoms with Gasteiger partial charge in [-0.1, -0.05) is 11.6 Å². The summed E-state index contributed by atoms with van der Waals surface area (Å²) in [5.41, 5.74) is 1.05. The maximum Gasteiger partial charge on any atom is 0.334 e. The van der Waals surface area contributed by atoms with Crippen LogP contribution in [0.15, 0.2) is 40.7 Å². The van der Waals surface area contributed by atoms with Gasteiger partial charge in [0.05, 0.1) is 27.5 Å². The number of nitrogens with one attached hydrogen (secondary N) is 3. The maximum atomic E-state index is 14.2. The number of nitrogens with zero attached hydrogens (tertiary/aromatic N) is 2. The van der Waals surface area contributed by atoms with Crippen LogP contribution < -0.4 is 25.0 Å². The van der Waals surface area contributed by atoms with Gasteiger partial charge in [0.15, 0.2) is 6.73 Å². The van der Waals surface area contributed by atoms with Gasteiger partial charge in [0.25, 0.3) is 15.9 Å². The highest BCUT2D eigenvalue weighted by molar-refractivity contribution is 7.92. The van der Waals surface area contributed by atoms with E-state index in [2.05, 4.69) is 15.6 Å². The molecule has 178 valence electrons.